The summed E-state index contributed by atoms with van der Waals surface area (Å²) in [6.45, 7) is 6.47. The third-order valence-corrected chi connectivity index (χ3v) is 6.46. The molecule has 112 valence electrons. The van der Waals surface area contributed by atoms with Crippen LogP contribution in [0.15, 0.2) is 34.1 Å². The first-order valence-corrected chi connectivity index (χ1v) is 9.18. The first-order valence-electron chi connectivity index (χ1n) is 7.26. The predicted molar refractivity (Wildman–Crippen MR) is 82.8 cm³/mol. The molecule has 0 N–H and O–H groups in total. The minimum absolute atomic E-state index is 0.0111. The molecule has 2 bridgehead atoms. The summed E-state index contributed by atoms with van der Waals surface area (Å²) in [7, 11) is -3.28. The highest BCUT2D eigenvalue weighted by atomic mass is 35.5. The number of hydrogen-bond acceptors (Lipinski definition) is 3. The van der Waals surface area contributed by atoms with E-state index in [1.165, 1.54) is 5.57 Å². The van der Waals surface area contributed by atoms with Crippen LogP contribution in [0.1, 0.15) is 33.6 Å². The molecule has 0 saturated heterocycles. The summed E-state index contributed by atoms with van der Waals surface area (Å²) in [6, 6.07) is 0. The molecular formula is C15H22ClO3P. The van der Waals surface area contributed by atoms with E-state index in [0.717, 1.165) is 12.8 Å². The van der Waals surface area contributed by atoms with Crippen molar-refractivity contribution in [3.63, 3.8) is 0 Å². The minimum Gasteiger partial charge on any atom is -0.306 e. The van der Waals surface area contributed by atoms with Gasteiger partial charge >= 0.3 is 7.60 Å². The molecule has 5 heteroatoms. The molecule has 0 aliphatic heterocycles. The van der Waals surface area contributed by atoms with Gasteiger partial charge in [-0.3, -0.25) is 4.57 Å². The van der Waals surface area contributed by atoms with E-state index in [1.54, 1.807) is 0 Å². The summed E-state index contributed by atoms with van der Waals surface area (Å²) in [4.78, 5) is 0. The molecule has 2 unspecified atom stereocenters. The highest BCUT2D eigenvalue weighted by molar-refractivity contribution is 7.58. The van der Waals surface area contributed by atoms with Crippen LogP contribution in [0.3, 0.4) is 0 Å². The lowest BCUT2D eigenvalue weighted by atomic mass is 10.0. The Morgan fingerprint density at radius 1 is 1.20 bits per heavy atom. The smallest absolute Gasteiger partial charge is 0.306 e. The first kappa shape index (κ1) is 16.0. The summed E-state index contributed by atoms with van der Waals surface area (Å²) in [5, 5.41) is 1.28. The van der Waals surface area contributed by atoms with Gasteiger partial charge in [-0.25, -0.2) is 0 Å². The fourth-order valence-electron chi connectivity index (χ4n) is 2.81. The van der Waals surface area contributed by atoms with Crippen molar-refractivity contribution in [3.8, 4) is 0 Å². The van der Waals surface area contributed by atoms with Crippen molar-refractivity contribution in [2.75, 3.05) is 13.2 Å². The minimum atomic E-state index is -3.28. The fourth-order valence-corrected chi connectivity index (χ4v) is 5.44. The molecule has 0 fully saturated rings. The van der Waals surface area contributed by atoms with Gasteiger partial charge in [0.15, 0.2) is 0 Å². The second-order valence-corrected chi connectivity index (χ2v) is 7.30. The number of allylic oxidation sites excluding steroid dienone is 6. The first-order chi connectivity index (χ1) is 9.59. The molecule has 0 amide bonds. The third kappa shape index (κ3) is 2.69. The van der Waals surface area contributed by atoms with Crippen molar-refractivity contribution < 1.29 is 13.6 Å². The second kappa shape index (κ2) is 6.62. The Labute approximate surface area is 126 Å². The maximum atomic E-state index is 13.0. The Hall–Kier alpha value is -0.340. The van der Waals surface area contributed by atoms with Gasteiger partial charge in [-0.15, -0.1) is 0 Å². The number of fused-ring (bicyclic) bond motifs is 2. The SMILES string of the molecule is CCCC=C1C2C=CC1C(P(=O)(OCC)OCC)=C2Cl. The van der Waals surface area contributed by atoms with Crippen molar-refractivity contribution in [1.82, 2.24) is 0 Å². The van der Waals surface area contributed by atoms with Crippen LogP contribution in [0.5, 0.6) is 0 Å². The topological polar surface area (TPSA) is 35.5 Å². The molecule has 0 aromatic rings. The lowest BCUT2D eigenvalue weighted by molar-refractivity contribution is 0.225. The van der Waals surface area contributed by atoms with E-state index >= 15 is 0 Å². The van der Waals surface area contributed by atoms with Crippen LogP contribution in [0.4, 0.5) is 0 Å². The Bertz CT molecular complexity index is 497. The van der Waals surface area contributed by atoms with Gasteiger partial charge in [0, 0.05) is 16.9 Å². The van der Waals surface area contributed by atoms with Crippen LogP contribution in [0.25, 0.3) is 0 Å². The summed E-state index contributed by atoms with van der Waals surface area (Å²) < 4.78 is 23.9. The molecule has 2 aliphatic rings. The number of unbranched alkanes of at least 4 members (excludes halogenated alkanes) is 1. The maximum absolute atomic E-state index is 13.0. The van der Waals surface area contributed by atoms with E-state index in [2.05, 4.69) is 25.2 Å². The van der Waals surface area contributed by atoms with Crippen LogP contribution >= 0.6 is 19.2 Å². The van der Waals surface area contributed by atoms with Crippen molar-refractivity contribution >= 4 is 19.2 Å². The molecule has 20 heavy (non-hydrogen) atoms. The zero-order valence-electron chi connectivity index (χ0n) is 12.3. The zero-order chi connectivity index (χ0) is 14.8. The number of rotatable bonds is 7. The van der Waals surface area contributed by atoms with Crippen LogP contribution in [-0.2, 0) is 13.6 Å². The summed E-state index contributed by atoms with van der Waals surface area (Å²) in [6.07, 6.45) is 8.46. The highest BCUT2D eigenvalue weighted by Crippen LogP contribution is 2.67. The lowest BCUT2D eigenvalue weighted by Gasteiger charge is -2.22. The van der Waals surface area contributed by atoms with Crippen LogP contribution in [-0.4, -0.2) is 13.2 Å². The summed E-state index contributed by atoms with van der Waals surface area (Å²) >= 11 is 6.46. The van der Waals surface area contributed by atoms with Crippen molar-refractivity contribution in [2.24, 2.45) is 11.8 Å². The van der Waals surface area contributed by atoms with Gasteiger partial charge in [0.05, 0.1) is 18.5 Å². The Morgan fingerprint density at radius 3 is 2.35 bits per heavy atom. The molecule has 0 radical (unpaired) electrons. The molecule has 0 heterocycles. The normalized spacial score (nSPS) is 27.1. The van der Waals surface area contributed by atoms with Crippen molar-refractivity contribution in [2.45, 2.75) is 33.6 Å². The largest absolute Gasteiger partial charge is 0.359 e. The Kier molecular flexibility index (Phi) is 5.30. The summed E-state index contributed by atoms with van der Waals surface area (Å²) in [5.74, 6) is 0.0560. The van der Waals surface area contributed by atoms with Gasteiger partial charge in [0.1, 0.15) is 0 Å². The molecule has 2 atom stereocenters. The Morgan fingerprint density at radius 2 is 1.80 bits per heavy atom. The molecular weight excluding hydrogens is 295 g/mol. The predicted octanol–water partition coefficient (Wildman–Crippen LogP) is 5.25. The summed E-state index contributed by atoms with van der Waals surface area (Å²) in [5.41, 5.74) is 1.23. The van der Waals surface area contributed by atoms with Gasteiger partial charge in [-0.1, -0.05) is 48.7 Å². The molecule has 2 aliphatic carbocycles. The van der Waals surface area contributed by atoms with Crippen LogP contribution < -0.4 is 0 Å². The van der Waals surface area contributed by atoms with E-state index in [9.17, 15) is 4.57 Å². The lowest BCUT2D eigenvalue weighted by Crippen LogP contribution is -2.05. The van der Waals surface area contributed by atoms with E-state index < -0.39 is 7.60 Å². The molecule has 0 aromatic carbocycles. The zero-order valence-corrected chi connectivity index (χ0v) is 13.9. The van der Waals surface area contributed by atoms with Gasteiger partial charge in [-0.05, 0) is 20.3 Å². The van der Waals surface area contributed by atoms with E-state index in [1.807, 2.05) is 13.8 Å². The quantitative estimate of drug-likeness (QED) is 0.475. The Balaban J connectivity index is 2.35. The molecule has 0 spiro atoms. The molecule has 0 saturated carbocycles. The van der Waals surface area contributed by atoms with Crippen LogP contribution in [0, 0.1) is 11.8 Å². The average Bonchev–Trinajstić information content (AvgIpc) is 2.91. The van der Waals surface area contributed by atoms with Gasteiger partial charge in [0.2, 0.25) is 0 Å². The van der Waals surface area contributed by atoms with Crippen LogP contribution in [0.2, 0.25) is 0 Å². The highest BCUT2D eigenvalue weighted by Gasteiger charge is 2.48. The maximum Gasteiger partial charge on any atom is 0.359 e. The van der Waals surface area contributed by atoms with E-state index in [-0.39, 0.29) is 11.8 Å². The fraction of sp³-hybridized carbons (Fsp3) is 0.600. The van der Waals surface area contributed by atoms with Gasteiger partial charge in [0.25, 0.3) is 0 Å². The average molecular weight is 317 g/mol. The van der Waals surface area contributed by atoms with E-state index in [0.29, 0.717) is 23.6 Å². The second-order valence-electron chi connectivity index (χ2n) is 4.90. The third-order valence-electron chi connectivity index (χ3n) is 3.59. The number of hydrogen-bond donors (Lipinski definition) is 0. The molecule has 3 nitrogen and oxygen atoms in total. The monoisotopic (exact) mass is 316 g/mol. The number of halogens is 1. The van der Waals surface area contributed by atoms with Gasteiger partial charge in [-0.2, -0.15) is 0 Å². The molecule has 2 rings (SSSR count). The van der Waals surface area contributed by atoms with Crippen molar-refractivity contribution in [1.29, 1.82) is 0 Å². The standard InChI is InChI=1S/C15H22ClO3P/c1-4-7-8-11-12-9-10-13(11)15(14(12)16)20(17,18-5-2)19-6-3/h8-10,12-13H,4-7H2,1-3H3. The molecule has 0 aromatic heterocycles. The van der Waals surface area contributed by atoms with Gasteiger partial charge < -0.3 is 9.05 Å². The van der Waals surface area contributed by atoms with E-state index in [4.69, 9.17) is 20.6 Å². The van der Waals surface area contributed by atoms with Crippen molar-refractivity contribution in [3.05, 3.63) is 34.1 Å².